The first kappa shape index (κ1) is 14.5. The zero-order valence-electron chi connectivity index (χ0n) is 10.4. The number of hydrogen-bond donors (Lipinski definition) is 0. The van der Waals surface area contributed by atoms with Crippen LogP contribution in [0.25, 0.3) is 0 Å². The Morgan fingerprint density at radius 2 is 2.06 bits per heavy atom. The molecule has 0 saturated carbocycles. The van der Waals surface area contributed by atoms with Crippen molar-refractivity contribution in [1.29, 1.82) is 5.26 Å². The molecule has 2 nitrogen and oxygen atoms in total. The Bertz CT molecular complexity index is 282. The Kier molecular flexibility index (Phi) is 9.11. The van der Waals surface area contributed by atoms with Gasteiger partial charge in [0, 0.05) is 13.1 Å². The molecule has 0 bridgehead atoms. The van der Waals surface area contributed by atoms with Gasteiger partial charge in [0.1, 0.15) is 0 Å². The lowest BCUT2D eigenvalue weighted by atomic mass is 10.2. The summed E-state index contributed by atoms with van der Waals surface area (Å²) < 4.78 is 0. The van der Waals surface area contributed by atoms with Crippen LogP contribution in [-0.2, 0) is 0 Å². The summed E-state index contributed by atoms with van der Waals surface area (Å²) >= 11 is 0. The summed E-state index contributed by atoms with van der Waals surface area (Å²) in [6.45, 7) is 10.1. The molecule has 0 aliphatic heterocycles. The van der Waals surface area contributed by atoms with Crippen LogP contribution in [0, 0.1) is 11.3 Å². The highest BCUT2D eigenvalue weighted by Crippen LogP contribution is 1.99. The van der Waals surface area contributed by atoms with E-state index < -0.39 is 0 Å². The Balaban J connectivity index is 4.26. The summed E-state index contributed by atoms with van der Waals surface area (Å²) in [6.07, 6.45) is 10.9. The van der Waals surface area contributed by atoms with Crippen LogP contribution in [0.3, 0.4) is 0 Å². The second-order valence-electron chi connectivity index (χ2n) is 3.67. The van der Waals surface area contributed by atoms with E-state index in [0.717, 1.165) is 19.5 Å². The summed E-state index contributed by atoms with van der Waals surface area (Å²) in [5, 5.41) is 8.70. The molecule has 0 aromatic rings. The maximum atomic E-state index is 8.70. The van der Waals surface area contributed by atoms with Crippen LogP contribution in [0.2, 0.25) is 0 Å². The molecule has 0 rings (SSSR count). The predicted octanol–water partition coefficient (Wildman–Crippen LogP) is 3.65. The summed E-state index contributed by atoms with van der Waals surface area (Å²) in [7, 11) is 0. The van der Waals surface area contributed by atoms with Gasteiger partial charge < -0.3 is 4.90 Å². The Morgan fingerprint density at radius 3 is 2.56 bits per heavy atom. The van der Waals surface area contributed by atoms with Gasteiger partial charge >= 0.3 is 0 Å². The van der Waals surface area contributed by atoms with Crippen LogP contribution >= 0.6 is 0 Å². The molecule has 0 spiro atoms. The lowest BCUT2D eigenvalue weighted by Crippen LogP contribution is -2.19. The normalized spacial score (nSPS) is 11.4. The van der Waals surface area contributed by atoms with Crippen molar-refractivity contribution < 1.29 is 0 Å². The van der Waals surface area contributed by atoms with E-state index in [1.165, 1.54) is 12.8 Å². The van der Waals surface area contributed by atoms with Gasteiger partial charge in [0.15, 0.2) is 0 Å². The summed E-state index contributed by atoms with van der Waals surface area (Å²) in [5.41, 5.74) is 0.600. The number of allylic oxidation sites excluding steroid dienone is 4. The second kappa shape index (κ2) is 10.0. The zero-order valence-corrected chi connectivity index (χ0v) is 10.4. The van der Waals surface area contributed by atoms with Gasteiger partial charge in [-0.1, -0.05) is 32.9 Å². The van der Waals surface area contributed by atoms with Crippen LogP contribution < -0.4 is 0 Å². The van der Waals surface area contributed by atoms with Crippen molar-refractivity contribution in [3.05, 3.63) is 36.6 Å². The third kappa shape index (κ3) is 6.89. The van der Waals surface area contributed by atoms with Gasteiger partial charge in [-0.2, -0.15) is 5.26 Å². The van der Waals surface area contributed by atoms with Crippen molar-refractivity contribution in [3.8, 4) is 6.07 Å². The van der Waals surface area contributed by atoms with Crippen LogP contribution in [-0.4, -0.2) is 18.0 Å². The molecule has 0 N–H and O–H groups in total. The number of hydrogen-bond acceptors (Lipinski definition) is 2. The molecule has 0 aromatic heterocycles. The number of rotatable bonds is 8. The summed E-state index contributed by atoms with van der Waals surface area (Å²) in [4.78, 5) is 2.29. The van der Waals surface area contributed by atoms with E-state index in [4.69, 9.17) is 5.26 Å². The minimum absolute atomic E-state index is 0.600. The van der Waals surface area contributed by atoms with E-state index in [0.29, 0.717) is 5.57 Å². The minimum Gasteiger partial charge on any atom is -0.377 e. The fourth-order valence-electron chi connectivity index (χ4n) is 1.33. The van der Waals surface area contributed by atoms with Crippen molar-refractivity contribution in [2.75, 3.05) is 13.1 Å². The highest BCUT2D eigenvalue weighted by Gasteiger charge is 1.95. The third-order valence-electron chi connectivity index (χ3n) is 2.23. The van der Waals surface area contributed by atoms with Gasteiger partial charge in [-0.25, -0.2) is 0 Å². The molecule has 0 atom stereocenters. The highest BCUT2D eigenvalue weighted by atomic mass is 15.1. The Labute approximate surface area is 99.6 Å². The van der Waals surface area contributed by atoms with E-state index in [1.54, 1.807) is 12.2 Å². The molecule has 0 aliphatic rings. The average Bonchev–Trinajstić information content (AvgIpc) is 2.31. The lowest BCUT2D eigenvalue weighted by molar-refractivity contribution is 0.367. The first-order valence-corrected chi connectivity index (χ1v) is 5.93. The molecule has 0 aromatic carbocycles. The molecule has 0 aliphatic carbocycles. The van der Waals surface area contributed by atoms with Crippen molar-refractivity contribution in [3.63, 3.8) is 0 Å². The molecule has 88 valence electrons. The lowest BCUT2D eigenvalue weighted by Gasteiger charge is -2.18. The zero-order chi connectivity index (χ0) is 12.2. The number of unbranched alkanes of at least 4 members (excludes halogenated alkanes) is 1. The van der Waals surface area contributed by atoms with Gasteiger partial charge in [0.25, 0.3) is 0 Å². The van der Waals surface area contributed by atoms with Gasteiger partial charge in [-0.15, -0.1) is 0 Å². The van der Waals surface area contributed by atoms with Crippen molar-refractivity contribution in [1.82, 2.24) is 4.90 Å². The Morgan fingerprint density at radius 1 is 1.31 bits per heavy atom. The number of nitrogens with zero attached hydrogens (tertiary/aromatic N) is 2. The first-order valence-electron chi connectivity index (χ1n) is 5.93. The molecule has 0 fully saturated rings. The maximum Gasteiger partial charge on any atom is 0.0991 e. The van der Waals surface area contributed by atoms with Crippen LogP contribution in [0.15, 0.2) is 36.6 Å². The van der Waals surface area contributed by atoms with E-state index in [-0.39, 0.29) is 0 Å². The molecule has 0 radical (unpaired) electrons. The monoisotopic (exact) mass is 218 g/mol. The molecule has 0 amide bonds. The standard InChI is InChI=1S/C14H22N2/c1-4-7-11-16(10-5-2)12-8-9-14(6-3)13-15/h6,8-9,12H,3-5,7,10-11H2,1-2H3/b12-8+,14-9-. The van der Waals surface area contributed by atoms with E-state index in [9.17, 15) is 0 Å². The third-order valence-corrected chi connectivity index (χ3v) is 2.23. The predicted molar refractivity (Wildman–Crippen MR) is 69.8 cm³/mol. The van der Waals surface area contributed by atoms with Crippen molar-refractivity contribution in [2.24, 2.45) is 0 Å². The topological polar surface area (TPSA) is 27.0 Å². The first-order chi connectivity index (χ1) is 7.78. The molecule has 16 heavy (non-hydrogen) atoms. The van der Waals surface area contributed by atoms with Crippen LogP contribution in [0.5, 0.6) is 0 Å². The van der Waals surface area contributed by atoms with Crippen LogP contribution in [0.1, 0.15) is 33.1 Å². The fraction of sp³-hybridized carbons (Fsp3) is 0.500. The molecule has 2 heteroatoms. The summed E-state index contributed by atoms with van der Waals surface area (Å²) in [6, 6.07) is 2.07. The van der Waals surface area contributed by atoms with Gasteiger partial charge in [-0.05, 0) is 31.2 Å². The molecule has 0 saturated heterocycles. The smallest absolute Gasteiger partial charge is 0.0991 e. The van der Waals surface area contributed by atoms with E-state index >= 15 is 0 Å². The molecule has 0 heterocycles. The quantitative estimate of drug-likeness (QED) is 0.459. The molecule has 0 unspecified atom stereocenters. The average molecular weight is 218 g/mol. The SMILES string of the molecule is C=C/C(C#N)=C/C=C/N(CCC)CCCC. The van der Waals surface area contributed by atoms with E-state index in [1.807, 2.05) is 6.08 Å². The molecular formula is C14H22N2. The van der Waals surface area contributed by atoms with E-state index in [2.05, 4.69) is 37.6 Å². The van der Waals surface area contributed by atoms with Gasteiger partial charge in [0.2, 0.25) is 0 Å². The van der Waals surface area contributed by atoms with Crippen LogP contribution in [0.4, 0.5) is 0 Å². The van der Waals surface area contributed by atoms with Gasteiger partial charge in [0.05, 0.1) is 11.6 Å². The van der Waals surface area contributed by atoms with Crippen molar-refractivity contribution in [2.45, 2.75) is 33.1 Å². The van der Waals surface area contributed by atoms with Gasteiger partial charge in [-0.3, -0.25) is 0 Å². The Hall–Kier alpha value is -1.49. The maximum absolute atomic E-state index is 8.70. The largest absolute Gasteiger partial charge is 0.377 e. The van der Waals surface area contributed by atoms with Crippen molar-refractivity contribution >= 4 is 0 Å². The summed E-state index contributed by atoms with van der Waals surface area (Å²) in [5.74, 6) is 0. The fourth-order valence-corrected chi connectivity index (χ4v) is 1.33. The molecular weight excluding hydrogens is 196 g/mol. The number of nitriles is 1. The minimum atomic E-state index is 0.600. The second-order valence-corrected chi connectivity index (χ2v) is 3.67. The highest BCUT2D eigenvalue weighted by molar-refractivity contribution is 5.34.